The zero-order valence-corrected chi connectivity index (χ0v) is 6.99. The molecule has 0 aliphatic rings. The van der Waals surface area contributed by atoms with Gasteiger partial charge in [-0.2, -0.15) is 0 Å². The van der Waals surface area contributed by atoms with Crippen LogP contribution in [0.2, 0.25) is 0 Å². The molecule has 0 bridgehead atoms. The lowest BCUT2D eigenvalue weighted by atomic mass is 10.1. The summed E-state index contributed by atoms with van der Waals surface area (Å²) >= 11 is 0. The molecule has 1 rings (SSSR count). The van der Waals surface area contributed by atoms with Gasteiger partial charge in [-0.15, -0.1) is 0 Å². The number of nitrogens with zero attached hydrogens (tertiary/aromatic N) is 2. The molecule has 0 amide bonds. The van der Waals surface area contributed by atoms with E-state index in [2.05, 4.69) is 4.98 Å². The van der Waals surface area contributed by atoms with Crippen LogP contribution in [0.25, 0.3) is 0 Å². The van der Waals surface area contributed by atoms with E-state index >= 15 is 0 Å². The molecule has 0 N–H and O–H groups in total. The Kier molecular flexibility index (Phi) is 2.98. The van der Waals surface area contributed by atoms with Crippen molar-refractivity contribution in [1.29, 1.82) is 0 Å². The first-order valence-corrected chi connectivity index (χ1v) is 3.55. The van der Waals surface area contributed by atoms with Gasteiger partial charge in [0.15, 0.2) is 18.3 Å². The number of halogens is 3. The van der Waals surface area contributed by atoms with E-state index in [0.717, 1.165) is 0 Å². The minimum Gasteiger partial charge on any atom is -0.358 e. The number of aldehydes is 1. The largest absolute Gasteiger partial charge is 0.374 e. The van der Waals surface area contributed by atoms with Crippen LogP contribution in [0.3, 0.4) is 0 Å². The number of aromatic nitrogens is 1. The maximum absolute atomic E-state index is 12.8. The average Bonchev–Trinajstić information content (AvgIpc) is 2.15. The van der Waals surface area contributed by atoms with E-state index in [0.29, 0.717) is 0 Å². The predicted octanol–water partition coefficient (Wildman–Crippen LogP) is 1.88. The molecule has 0 aliphatic carbocycles. The molecular weight excluding hydrogens is 217 g/mol. The topological polar surface area (TPSA) is 73.1 Å². The highest BCUT2D eigenvalue weighted by atomic mass is 19.3. The minimum atomic E-state index is -3.31. The van der Waals surface area contributed by atoms with Crippen LogP contribution in [0.15, 0.2) is 6.20 Å². The summed E-state index contributed by atoms with van der Waals surface area (Å²) in [6.07, 6.45) is -3.24. The highest BCUT2D eigenvalue weighted by molar-refractivity contribution is 5.82. The van der Waals surface area contributed by atoms with E-state index in [1.807, 2.05) is 0 Å². The molecule has 1 aromatic heterocycles. The van der Waals surface area contributed by atoms with Gasteiger partial charge in [0.1, 0.15) is 5.56 Å². The fraction of sp³-hybridized carbons (Fsp3) is 0.143. The maximum atomic E-state index is 12.8. The summed E-state index contributed by atoms with van der Waals surface area (Å²) < 4.78 is 37.3. The Labute approximate surface area is 80.7 Å². The van der Waals surface area contributed by atoms with Crippen LogP contribution in [-0.4, -0.2) is 16.2 Å². The van der Waals surface area contributed by atoms with Gasteiger partial charge in [-0.3, -0.25) is 4.79 Å². The van der Waals surface area contributed by atoms with E-state index in [9.17, 15) is 28.1 Å². The van der Waals surface area contributed by atoms with Gasteiger partial charge in [-0.1, -0.05) is 0 Å². The molecule has 8 heteroatoms. The van der Waals surface area contributed by atoms with Crippen molar-refractivity contribution in [3.8, 4) is 0 Å². The molecule has 0 aromatic carbocycles. The third-order valence-electron chi connectivity index (χ3n) is 1.60. The second-order valence-electron chi connectivity index (χ2n) is 2.43. The van der Waals surface area contributed by atoms with Gasteiger partial charge < -0.3 is 10.1 Å². The van der Waals surface area contributed by atoms with E-state index in [4.69, 9.17) is 0 Å². The highest BCUT2D eigenvalue weighted by Gasteiger charge is 2.28. The summed E-state index contributed by atoms with van der Waals surface area (Å²) in [7, 11) is 0. The highest BCUT2D eigenvalue weighted by Crippen LogP contribution is 2.28. The average molecular weight is 220 g/mol. The smallest absolute Gasteiger partial charge is 0.358 e. The Bertz CT molecular complexity index is 422. The molecule has 0 saturated carbocycles. The first kappa shape index (κ1) is 11.1. The Morgan fingerprint density at radius 3 is 2.53 bits per heavy atom. The van der Waals surface area contributed by atoms with Gasteiger partial charge in [-0.05, 0) is 9.91 Å². The lowest BCUT2D eigenvalue weighted by Gasteiger charge is -2.03. The van der Waals surface area contributed by atoms with Crippen molar-refractivity contribution >= 4 is 12.1 Å². The van der Waals surface area contributed by atoms with Crippen LogP contribution in [-0.2, 0) is 0 Å². The van der Waals surface area contributed by atoms with Crippen LogP contribution in [0.1, 0.15) is 22.3 Å². The van der Waals surface area contributed by atoms with Crippen LogP contribution >= 0.6 is 0 Å². The number of hydrogen-bond acceptors (Lipinski definition) is 4. The van der Waals surface area contributed by atoms with E-state index in [1.165, 1.54) is 0 Å². The normalized spacial score (nSPS) is 10.4. The Balaban J connectivity index is 3.54. The van der Waals surface area contributed by atoms with Crippen LogP contribution < -0.4 is 0 Å². The molecule has 0 radical (unpaired) electrons. The van der Waals surface area contributed by atoms with E-state index in [-0.39, 0.29) is 12.5 Å². The van der Waals surface area contributed by atoms with Gasteiger partial charge in [0.25, 0.3) is 6.43 Å². The van der Waals surface area contributed by atoms with Crippen molar-refractivity contribution < 1.29 is 22.9 Å². The third-order valence-corrected chi connectivity index (χ3v) is 1.60. The molecule has 0 atom stereocenters. The van der Waals surface area contributed by atoms with Gasteiger partial charge in [0, 0.05) is 0 Å². The van der Waals surface area contributed by atoms with Crippen molar-refractivity contribution in [2.75, 3.05) is 0 Å². The number of carbonyl (C=O) groups excluding carboxylic acids is 1. The lowest BCUT2D eigenvalue weighted by Crippen LogP contribution is -2.05. The van der Waals surface area contributed by atoms with Crippen molar-refractivity contribution in [1.82, 2.24) is 4.98 Å². The van der Waals surface area contributed by atoms with Crippen LogP contribution in [0.4, 0.5) is 19.0 Å². The fourth-order valence-corrected chi connectivity index (χ4v) is 0.989. The Morgan fingerprint density at radius 2 is 2.13 bits per heavy atom. The predicted molar refractivity (Wildman–Crippen MR) is 41.2 cm³/mol. The molecule has 0 unspecified atom stereocenters. The lowest BCUT2D eigenvalue weighted by molar-refractivity contribution is -0.389. The fourth-order valence-electron chi connectivity index (χ4n) is 0.989. The van der Waals surface area contributed by atoms with Gasteiger partial charge in [0.05, 0.1) is 5.56 Å². The van der Waals surface area contributed by atoms with Gasteiger partial charge in [0.2, 0.25) is 0 Å². The molecule has 1 heterocycles. The van der Waals surface area contributed by atoms with E-state index in [1.54, 1.807) is 0 Å². The molecule has 80 valence electrons. The number of pyridine rings is 1. The number of nitro groups is 1. The third kappa shape index (κ3) is 1.92. The molecule has 5 nitrogen and oxygen atoms in total. The van der Waals surface area contributed by atoms with Crippen molar-refractivity contribution in [3.63, 3.8) is 0 Å². The molecule has 0 fully saturated rings. The summed E-state index contributed by atoms with van der Waals surface area (Å²) in [6, 6.07) is 0. The number of rotatable bonds is 3. The maximum Gasteiger partial charge on any atom is 0.374 e. The second kappa shape index (κ2) is 4.03. The van der Waals surface area contributed by atoms with Crippen LogP contribution in [0.5, 0.6) is 0 Å². The summed E-state index contributed by atoms with van der Waals surface area (Å²) in [5.74, 6) is -2.53. The second-order valence-corrected chi connectivity index (χ2v) is 2.43. The van der Waals surface area contributed by atoms with Crippen LogP contribution in [0, 0.1) is 15.9 Å². The molecule has 15 heavy (non-hydrogen) atoms. The standard InChI is InChI=1S/C7H3F3N2O3/c8-4-1-11-7(12(14)15)3(2-13)5(4)6(9)10/h1-2,6H. The number of alkyl halides is 2. The monoisotopic (exact) mass is 220 g/mol. The zero-order valence-electron chi connectivity index (χ0n) is 6.99. The Hall–Kier alpha value is -1.99. The van der Waals surface area contributed by atoms with Crippen molar-refractivity contribution in [3.05, 3.63) is 33.3 Å². The first-order valence-electron chi connectivity index (χ1n) is 3.55. The van der Waals surface area contributed by atoms with Crippen molar-refractivity contribution in [2.24, 2.45) is 0 Å². The minimum absolute atomic E-state index is 0.213. The number of hydrogen-bond donors (Lipinski definition) is 0. The molecular formula is C7H3F3N2O3. The van der Waals surface area contributed by atoms with Crippen molar-refractivity contribution in [2.45, 2.75) is 6.43 Å². The quantitative estimate of drug-likeness (QED) is 0.442. The summed E-state index contributed by atoms with van der Waals surface area (Å²) in [6.45, 7) is 0. The molecule has 0 aliphatic heterocycles. The SMILES string of the molecule is O=Cc1c([N+](=O)[O-])ncc(F)c1C(F)F. The summed E-state index contributed by atoms with van der Waals surface area (Å²) in [4.78, 5) is 22.5. The first-order chi connectivity index (χ1) is 6.99. The zero-order chi connectivity index (χ0) is 11.6. The molecule has 0 spiro atoms. The van der Waals surface area contributed by atoms with Gasteiger partial charge in [-0.25, -0.2) is 13.2 Å². The molecule has 0 saturated heterocycles. The Morgan fingerprint density at radius 1 is 1.53 bits per heavy atom. The molecule has 1 aromatic rings. The summed E-state index contributed by atoms with van der Waals surface area (Å²) in [5.41, 5.74) is -2.33. The summed E-state index contributed by atoms with van der Waals surface area (Å²) in [5, 5.41) is 10.3. The van der Waals surface area contributed by atoms with E-state index < -0.39 is 34.1 Å². The number of carbonyl (C=O) groups is 1. The van der Waals surface area contributed by atoms with Gasteiger partial charge >= 0.3 is 5.82 Å².